The number of carbonyl (C=O) groups excluding carboxylic acids is 1. The van der Waals surface area contributed by atoms with Gasteiger partial charge in [-0.25, -0.2) is 9.78 Å². The van der Waals surface area contributed by atoms with Crippen LogP contribution in [0.2, 0.25) is 5.02 Å². The van der Waals surface area contributed by atoms with E-state index in [2.05, 4.69) is 4.98 Å². The van der Waals surface area contributed by atoms with Gasteiger partial charge in [-0.15, -0.1) is 0 Å². The van der Waals surface area contributed by atoms with E-state index in [0.717, 1.165) is 11.3 Å². The number of halogens is 1. The van der Waals surface area contributed by atoms with E-state index in [1.165, 1.54) is 0 Å². The van der Waals surface area contributed by atoms with Crippen molar-refractivity contribution in [3.63, 3.8) is 0 Å². The molecule has 1 heterocycles. The normalized spacial score (nSPS) is 10.5. The molecule has 116 valence electrons. The zero-order chi connectivity index (χ0) is 16.2. The van der Waals surface area contributed by atoms with Crippen LogP contribution in [0.1, 0.15) is 17.4 Å². The van der Waals surface area contributed by atoms with Crippen LogP contribution in [0.25, 0.3) is 17.1 Å². The smallest absolute Gasteiger partial charge is 0.358 e. The number of rotatable bonds is 4. The molecule has 23 heavy (non-hydrogen) atoms. The maximum Gasteiger partial charge on any atom is 0.358 e. The Hall–Kier alpha value is -2.59. The molecule has 0 aliphatic rings. The SMILES string of the molecule is CCOC(=O)c1cn(-c2cccc(Cl)c2)c(-c2ccccc2)n1. The lowest BCUT2D eigenvalue weighted by atomic mass is 10.2. The van der Waals surface area contributed by atoms with E-state index in [0.29, 0.717) is 17.5 Å². The largest absolute Gasteiger partial charge is 0.461 e. The number of hydrogen-bond acceptors (Lipinski definition) is 3. The predicted octanol–water partition coefficient (Wildman–Crippen LogP) is 4.37. The van der Waals surface area contributed by atoms with Gasteiger partial charge in [-0.2, -0.15) is 0 Å². The first-order valence-corrected chi connectivity index (χ1v) is 7.64. The lowest BCUT2D eigenvalue weighted by Gasteiger charge is -2.08. The number of ether oxygens (including phenoxy) is 1. The lowest BCUT2D eigenvalue weighted by Crippen LogP contribution is -2.04. The second-order valence-corrected chi connectivity index (χ2v) is 5.32. The van der Waals surface area contributed by atoms with Gasteiger partial charge >= 0.3 is 5.97 Å². The van der Waals surface area contributed by atoms with Crippen molar-refractivity contribution in [1.82, 2.24) is 9.55 Å². The molecule has 0 radical (unpaired) electrons. The third-order valence-electron chi connectivity index (χ3n) is 3.31. The summed E-state index contributed by atoms with van der Waals surface area (Å²) in [4.78, 5) is 16.5. The highest BCUT2D eigenvalue weighted by atomic mass is 35.5. The van der Waals surface area contributed by atoms with Crippen molar-refractivity contribution in [2.45, 2.75) is 6.92 Å². The molecular weight excluding hydrogens is 312 g/mol. The quantitative estimate of drug-likeness (QED) is 0.669. The van der Waals surface area contributed by atoms with Crippen LogP contribution in [0, 0.1) is 0 Å². The van der Waals surface area contributed by atoms with Gasteiger partial charge in [0.2, 0.25) is 0 Å². The average Bonchev–Trinajstić information content (AvgIpc) is 3.01. The van der Waals surface area contributed by atoms with Gasteiger partial charge < -0.3 is 4.74 Å². The van der Waals surface area contributed by atoms with Crippen LogP contribution in [-0.4, -0.2) is 22.1 Å². The Labute approximate surface area is 139 Å². The van der Waals surface area contributed by atoms with E-state index >= 15 is 0 Å². The van der Waals surface area contributed by atoms with Crippen molar-refractivity contribution in [2.24, 2.45) is 0 Å². The number of esters is 1. The number of hydrogen-bond donors (Lipinski definition) is 0. The van der Waals surface area contributed by atoms with Crippen molar-refractivity contribution in [1.29, 1.82) is 0 Å². The second-order valence-electron chi connectivity index (χ2n) is 4.89. The number of carbonyl (C=O) groups is 1. The predicted molar refractivity (Wildman–Crippen MR) is 90.0 cm³/mol. The van der Waals surface area contributed by atoms with Gasteiger partial charge in [-0.05, 0) is 25.1 Å². The van der Waals surface area contributed by atoms with Crippen molar-refractivity contribution in [3.05, 3.63) is 71.5 Å². The molecule has 0 aliphatic carbocycles. The summed E-state index contributed by atoms with van der Waals surface area (Å²) in [6.45, 7) is 2.08. The fraction of sp³-hybridized carbons (Fsp3) is 0.111. The highest BCUT2D eigenvalue weighted by molar-refractivity contribution is 6.30. The van der Waals surface area contributed by atoms with Crippen molar-refractivity contribution in [3.8, 4) is 17.1 Å². The zero-order valence-corrected chi connectivity index (χ0v) is 13.3. The zero-order valence-electron chi connectivity index (χ0n) is 12.6. The molecule has 0 spiro atoms. The summed E-state index contributed by atoms with van der Waals surface area (Å²) >= 11 is 6.09. The molecule has 3 rings (SSSR count). The summed E-state index contributed by atoms with van der Waals surface area (Å²) in [5.41, 5.74) is 2.01. The summed E-state index contributed by atoms with van der Waals surface area (Å²) in [5.74, 6) is 0.223. The molecule has 2 aromatic carbocycles. The van der Waals surface area contributed by atoms with E-state index in [9.17, 15) is 4.79 Å². The number of benzene rings is 2. The van der Waals surface area contributed by atoms with Crippen molar-refractivity contribution < 1.29 is 9.53 Å². The summed E-state index contributed by atoms with van der Waals surface area (Å²) in [7, 11) is 0. The number of nitrogens with zero attached hydrogens (tertiary/aromatic N) is 2. The molecule has 0 aliphatic heterocycles. The highest BCUT2D eigenvalue weighted by Gasteiger charge is 2.17. The molecule has 5 heteroatoms. The molecule has 0 amide bonds. The minimum atomic E-state index is -0.439. The molecular formula is C18H15ClN2O2. The fourth-order valence-corrected chi connectivity index (χ4v) is 2.48. The first-order chi connectivity index (χ1) is 11.2. The topological polar surface area (TPSA) is 44.1 Å². The van der Waals surface area contributed by atoms with Crippen molar-refractivity contribution >= 4 is 17.6 Å². The van der Waals surface area contributed by atoms with Gasteiger partial charge in [-0.1, -0.05) is 48.0 Å². The van der Waals surface area contributed by atoms with Crippen LogP contribution in [0.15, 0.2) is 60.8 Å². The number of imidazole rings is 1. The Kier molecular flexibility index (Phi) is 4.44. The molecule has 3 aromatic rings. The number of aromatic nitrogens is 2. The van der Waals surface area contributed by atoms with Crippen LogP contribution < -0.4 is 0 Å². The van der Waals surface area contributed by atoms with Gasteiger partial charge in [0.1, 0.15) is 5.82 Å². The van der Waals surface area contributed by atoms with Gasteiger partial charge in [0.25, 0.3) is 0 Å². The van der Waals surface area contributed by atoms with E-state index in [-0.39, 0.29) is 5.69 Å². The molecule has 0 N–H and O–H groups in total. The maximum absolute atomic E-state index is 12.0. The van der Waals surface area contributed by atoms with Crippen molar-refractivity contribution in [2.75, 3.05) is 6.61 Å². The Morgan fingerprint density at radius 1 is 1.17 bits per heavy atom. The summed E-state index contributed by atoms with van der Waals surface area (Å²) in [6, 6.07) is 17.1. The second kappa shape index (κ2) is 6.67. The Balaban J connectivity index is 2.14. The standard InChI is InChI=1S/C18H15ClN2O2/c1-2-23-18(22)16-12-21(15-10-6-9-14(19)11-15)17(20-16)13-7-4-3-5-8-13/h3-12H,2H2,1H3. The monoisotopic (exact) mass is 326 g/mol. The van der Waals surface area contributed by atoms with Gasteiger partial charge in [0, 0.05) is 22.5 Å². The third kappa shape index (κ3) is 3.27. The first kappa shape index (κ1) is 15.3. The molecule has 1 aromatic heterocycles. The first-order valence-electron chi connectivity index (χ1n) is 7.27. The summed E-state index contributed by atoms with van der Waals surface area (Å²) < 4.78 is 6.89. The van der Waals surface area contributed by atoms with Gasteiger partial charge in [0.15, 0.2) is 5.69 Å². The van der Waals surface area contributed by atoms with E-state index in [1.807, 2.05) is 53.1 Å². The van der Waals surface area contributed by atoms with Crippen LogP contribution in [0.3, 0.4) is 0 Å². The molecule has 0 bridgehead atoms. The molecule has 0 atom stereocenters. The molecule has 4 nitrogen and oxygen atoms in total. The fourth-order valence-electron chi connectivity index (χ4n) is 2.30. The summed E-state index contributed by atoms with van der Waals surface area (Å²) in [5, 5.41) is 0.618. The lowest BCUT2D eigenvalue weighted by molar-refractivity contribution is 0.0520. The molecule has 0 fully saturated rings. The van der Waals surface area contributed by atoms with Crippen LogP contribution in [-0.2, 0) is 4.74 Å². The summed E-state index contributed by atoms with van der Waals surface area (Å²) in [6.07, 6.45) is 1.67. The van der Waals surface area contributed by atoms with Crippen LogP contribution in [0.4, 0.5) is 0 Å². The van der Waals surface area contributed by atoms with E-state index in [1.54, 1.807) is 19.2 Å². The Morgan fingerprint density at radius 2 is 1.96 bits per heavy atom. The molecule has 0 saturated carbocycles. The van der Waals surface area contributed by atoms with E-state index < -0.39 is 5.97 Å². The minimum Gasteiger partial charge on any atom is -0.461 e. The molecule has 0 unspecified atom stereocenters. The maximum atomic E-state index is 12.0. The van der Waals surface area contributed by atoms with Crippen LogP contribution >= 0.6 is 11.6 Å². The Bertz CT molecular complexity index is 828. The average molecular weight is 327 g/mol. The third-order valence-corrected chi connectivity index (χ3v) is 3.54. The highest BCUT2D eigenvalue weighted by Crippen LogP contribution is 2.24. The van der Waals surface area contributed by atoms with Gasteiger partial charge in [-0.3, -0.25) is 4.57 Å². The Morgan fingerprint density at radius 3 is 2.65 bits per heavy atom. The van der Waals surface area contributed by atoms with E-state index in [4.69, 9.17) is 16.3 Å². The minimum absolute atomic E-state index is 0.269. The van der Waals surface area contributed by atoms with Crippen LogP contribution in [0.5, 0.6) is 0 Å². The van der Waals surface area contributed by atoms with Gasteiger partial charge in [0.05, 0.1) is 6.61 Å². The molecule has 0 saturated heterocycles.